The first-order valence-corrected chi connectivity index (χ1v) is 19.8. The van der Waals surface area contributed by atoms with Gasteiger partial charge in [0, 0.05) is 5.41 Å². The highest BCUT2D eigenvalue weighted by Gasteiger charge is 2.56. The Bertz CT molecular complexity index is 1500. The van der Waals surface area contributed by atoms with E-state index in [9.17, 15) is 18.0 Å². The number of rotatable bonds is 7. The van der Waals surface area contributed by atoms with Crippen LogP contribution in [0.4, 0.5) is 0 Å². The summed E-state index contributed by atoms with van der Waals surface area (Å²) >= 11 is 0. The number of fused-ring (bicyclic) bond motifs is 5. The minimum absolute atomic E-state index is 0.104. The summed E-state index contributed by atoms with van der Waals surface area (Å²) in [5.41, 5.74) is 2.91. The van der Waals surface area contributed by atoms with Crippen LogP contribution in [-0.2, 0) is 30.7 Å². The first-order chi connectivity index (χ1) is 20.0. The zero-order chi connectivity index (χ0) is 31.4. The van der Waals surface area contributed by atoms with Gasteiger partial charge in [0.05, 0.1) is 10.5 Å². The number of aryl methyl sites for hydroxylation is 1. The molecule has 10 heteroatoms. The highest BCUT2D eigenvalue weighted by Crippen LogP contribution is 2.61. The average molecular weight is 628 g/mol. The summed E-state index contributed by atoms with van der Waals surface area (Å²) in [6.45, 7) is 13.1. The van der Waals surface area contributed by atoms with Crippen molar-refractivity contribution in [3.05, 3.63) is 59.2 Å². The Morgan fingerprint density at radius 1 is 1.02 bits per heavy atom. The molecule has 3 aliphatic carbocycles. The number of nitrogens with two attached hydrogens (primary N) is 1. The third kappa shape index (κ3) is 6.28. The molecule has 2 fully saturated rings. The lowest BCUT2D eigenvalue weighted by Gasteiger charge is -2.50. The van der Waals surface area contributed by atoms with E-state index >= 15 is 0 Å². The Morgan fingerprint density at radius 2 is 1.72 bits per heavy atom. The molecular formula is C33H45NO7SSi. The van der Waals surface area contributed by atoms with Crippen LogP contribution in [0.2, 0.25) is 18.1 Å². The first kappa shape index (κ1) is 31.7. The molecule has 0 saturated heterocycles. The van der Waals surface area contributed by atoms with Gasteiger partial charge in [-0.1, -0.05) is 33.8 Å². The number of carbonyl (C=O) groups is 2. The summed E-state index contributed by atoms with van der Waals surface area (Å²) in [6.07, 6.45) is 5.83. The van der Waals surface area contributed by atoms with Crippen LogP contribution in [-0.4, -0.2) is 41.4 Å². The highest BCUT2D eigenvalue weighted by atomic mass is 32.2. The first-order valence-electron chi connectivity index (χ1n) is 15.3. The molecule has 2 N–H and O–H groups in total. The van der Waals surface area contributed by atoms with E-state index in [4.69, 9.17) is 19.0 Å². The fourth-order valence-electron chi connectivity index (χ4n) is 7.40. The molecule has 234 valence electrons. The molecular weight excluding hydrogens is 583 g/mol. The quantitative estimate of drug-likeness (QED) is 0.281. The van der Waals surface area contributed by atoms with Gasteiger partial charge >= 0.3 is 11.9 Å². The van der Waals surface area contributed by atoms with Crippen LogP contribution in [0.5, 0.6) is 5.75 Å². The maximum Gasteiger partial charge on any atom is 0.344 e. The second kappa shape index (κ2) is 11.3. The summed E-state index contributed by atoms with van der Waals surface area (Å²) in [5.74, 6) is 1.25. The predicted octanol–water partition coefficient (Wildman–Crippen LogP) is 6.34. The van der Waals surface area contributed by atoms with Crippen molar-refractivity contribution in [2.24, 2.45) is 22.4 Å². The predicted molar refractivity (Wildman–Crippen MR) is 167 cm³/mol. The van der Waals surface area contributed by atoms with E-state index in [0.717, 1.165) is 44.3 Å². The van der Waals surface area contributed by atoms with Crippen molar-refractivity contribution in [3.8, 4) is 5.75 Å². The van der Waals surface area contributed by atoms with Gasteiger partial charge in [0.2, 0.25) is 18.3 Å². The normalized spacial score (nSPS) is 27.0. The van der Waals surface area contributed by atoms with Crippen molar-refractivity contribution >= 4 is 30.3 Å². The van der Waals surface area contributed by atoms with Gasteiger partial charge in [-0.3, -0.25) is 0 Å². The molecule has 5 rings (SSSR count). The lowest BCUT2D eigenvalue weighted by molar-refractivity contribution is -0.161. The number of ether oxygens (including phenoxy) is 2. The summed E-state index contributed by atoms with van der Waals surface area (Å²) < 4.78 is 40.6. The molecule has 3 aliphatic rings. The van der Waals surface area contributed by atoms with Crippen molar-refractivity contribution in [2.75, 3.05) is 6.61 Å². The van der Waals surface area contributed by atoms with Crippen molar-refractivity contribution in [1.29, 1.82) is 0 Å². The van der Waals surface area contributed by atoms with E-state index in [1.807, 2.05) is 0 Å². The Balaban J connectivity index is 1.19. The van der Waals surface area contributed by atoms with E-state index < -0.39 is 36.9 Å². The van der Waals surface area contributed by atoms with Gasteiger partial charge in [0.25, 0.3) is 0 Å². The van der Waals surface area contributed by atoms with Gasteiger partial charge in [-0.05, 0) is 122 Å². The monoisotopic (exact) mass is 627 g/mol. The van der Waals surface area contributed by atoms with Crippen LogP contribution in [0.15, 0.2) is 47.4 Å². The Morgan fingerprint density at radius 3 is 2.37 bits per heavy atom. The van der Waals surface area contributed by atoms with Crippen LogP contribution in [0.25, 0.3) is 0 Å². The van der Waals surface area contributed by atoms with Crippen molar-refractivity contribution < 1.29 is 31.9 Å². The molecule has 2 aromatic rings. The number of benzene rings is 2. The lowest BCUT2D eigenvalue weighted by atomic mass is 9.55. The molecule has 0 heterocycles. The molecule has 2 saturated carbocycles. The molecule has 43 heavy (non-hydrogen) atoms. The average Bonchev–Trinajstić information content (AvgIpc) is 3.26. The number of hydrogen-bond donors (Lipinski definition) is 1. The third-order valence-corrected chi connectivity index (χ3v) is 16.1. The van der Waals surface area contributed by atoms with Gasteiger partial charge < -0.3 is 13.9 Å². The molecule has 8 nitrogen and oxygen atoms in total. The summed E-state index contributed by atoms with van der Waals surface area (Å²) in [6, 6.07) is 11.8. The van der Waals surface area contributed by atoms with E-state index in [0.29, 0.717) is 17.8 Å². The minimum atomic E-state index is -3.86. The highest BCUT2D eigenvalue weighted by molar-refractivity contribution is 7.89. The molecule has 2 aromatic carbocycles. The Hall–Kier alpha value is -2.69. The molecule has 0 amide bonds. The van der Waals surface area contributed by atoms with Crippen LogP contribution in [0.1, 0.15) is 87.2 Å². The lowest BCUT2D eigenvalue weighted by Crippen LogP contribution is -2.45. The van der Waals surface area contributed by atoms with E-state index in [1.165, 1.54) is 35.4 Å². The fourth-order valence-corrected chi connectivity index (χ4v) is 8.93. The molecule has 0 radical (unpaired) electrons. The molecule has 3 unspecified atom stereocenters. The second-order valence-electron chi connectivity index (χ2n) is 14.4. The maximum absolute atomic E-state index is 12.8. The van der Waals surface area contributed by atoms with Gasteiger partial charge in [0.1, 0.15) is 11.9 Å². The summed E-state index contributed by atoms with van der Waals surface area (Å²) in [5, 5.41) is 5.25. The van der Waals surface area contributed by atoms with Crippen LogP contribution < -0.4 is 9.56 Å². The number of esters is 2. The summed E-state index contributed by atoms with van der Waals surface area (Å²) in [7, 11) is -5.77. The van der Waals surface area contributed by atoms with Crippen LogP contribution in [0.3, 0.4) is 0 Å². The van der Waals surface area contributed by atoms with E-state index in [2.05, 4.69) is 59.0 Å². The largest absolute Gasteiger partial charge is 0.543 e. The topological polar surface area (TPSA) is 122 Å². The minimum Gasteiger partial charge on any atom is -0.543 e. The van der Waals surface area contributed by atoms with Gasteiger partial charge in [-0.2, -0.15) is 0 Å². The number of carbonyl (C=O) groups excluding carboxylic acids is 2. The molecule has 5 atom stereocenters. The van der Waals surface area contributed by atoms with Gasteiger partial charge in [-0.15, -0.1) is 0 Å². The Kier molecular flexibility index (Phi) is 8.37. The van der Waals surface area contributed by atoms with E-state index in [1.54, 1.807) is 0 Å². The maximum atomic E-state index is 12.8. The standard InChI is InChI=1S/C33H45NO7SSi/c1-32(2,3)43(5,6)41-23-10-14-25-22(19-23)9-13-27-26(25)17-18-33(4)28(27)15-16-29(33)40-30(35)20-39-31(36)21-7-11-24(12-8-21)42(34,37)38/h7-8,10-12,14,19,26-29H,9,13,15-18,20H2,1-6H3,(H2,34,37,38)/t26?,27?,28?,29-,33-/m0/s1. The zero-order valence-electron chi connectivity index (χ0n) is 26.1. The van der Waals surface area contributed by atoms with Crippen molar-refractivity contribution in [3.63, 3.8) is 0 Å². The van der Waals surface area contributed by atoms with Crippen molar-refractivity contribution in [2.45, 2.75) is 101 Å². The van der Waals surface area contributed by atoms with Crippen molar-refractivity contribution in [1.82, 2.24) is 0 Å². The summed E-state index contributed by atoms with van der Waals surface area (Å²) in [4.78, 5) is 25.1. The molecule has 0 aromatic heterocycles. The molecule has 0 spiro atoms. The number of hydrogen-bond acceptors (Lipinski definition) is 7. The van der Waals surface area contributed by atoms with Gasteiger partial charge in [-0.25, -0.2) is 23.1 Å². The number of sulfonamides is 1. The number of primary sulfonamides is 1. The smallest absolute Gasteiger partial charge is 0.344 e. The third-order valence-electron chi connectivity index (χ3n) is 10.8. The van der Waals surface area contributed by atoms with Gasteiger partial charge in [0.15, 0.2) is 6.61 Å². The SMILES string of the molecule is CC(C)(C)[Si](C)(C)Oc1ccc2c(c1)CCC1C2CC[C@@]2(C)C1CC[C@@H]2OC(=O)COC(=O)c1ccc(S(N)(=O)=O)cc1. The second-order valence-corrected chi connectivity index (χ2v) is 20.7. The van der Waals surface area contributed by atoms with E-state index in [-0.39, 0.29) is 27.0 Å². The fraction of sp³-hybridized carbons (Fsp3) is 0.576. The van der Waals surface area contributed by atoms with Crippen LogP contribution >= 0.6 is 0 Å². The molecule has 0 aliphatic heterocycles. The zero-order valence-corrected chi connectivity index (χ0v) is 28.0. The van der Waals surface area contributed by atoms with Crippen LogP contribution in [0, 0.1) is 17.3 Å². The Labute approximate surface area is 256 Å². The molecule has 0 bridgehead atoms.